The summed E-state index contributed by atoms with van der Waals surface area (Å²) in [5.74, 6) is -0.323. The highest BCUT2D eigenvalue weighted by Gasteiger charge is 2.34. The molecular formula is C17H15FN4O. The van der Waals surface area contributed by atoms with Crippen molar-refractivity contribution >= 4 is 16.9 Å². The predicted molar refractivity (Wildman–Crippen MR) is 83.4 cm³/mol. The molecule has 0 spiro atoms. The van der Waals surface area contributed by atoms with Gasteiger partial charge in [-0.25, -0.2) is 9.37 Å². The van der Waals surface area contributed by atoms with Crippen molar-refractivity contribution < 1.29 is 9.18 Å². The number of aromatic nitrogens is 3. The number of hydrogen-bond acceptors (Lipinski definition) is 3. The Morgan fingerprint density at radius 2 is 2.13 bits per heavy atom. The third-order valence-electron chi connectivity index (χ3n) is 4.38. The Hall–Kier alpha value is -2.76. The van der Waals surface area contributed by atoms with Gasteiger partial charge in [0.2, 0.25) is 0 Å². The molecule has 0 unspecified atom stereocenters. The lowest BCUT2D eigenvalue weighted by Gasteiger charge is -2.41. The SMILES string of the molecule is Cc1[nH]nc2ncc(C(=O)N3CC[C@H]3c3ccc(F)cc3)cc12. The molecule has 4 rings (SSSR count). The molecule has 5 nitrogen and oxygen atoms in total. The number of hydrogen-bond donors (Lipinski definition) is 1. The molecule has 2 aromatic heterocycles. The zero-order chi connectivity index (χ0) is 16.0. The molecule has 1 aliphatic heterocycles. The summed E-state index contributed by atoms with van der Waals surface area (Å²) in [6.07, 6.45) is 2.45. The molecule has 1 aromatic carbocycles. The Bertz CT molecular complexity index is 887. The minimum Gasteiger partial charge on any atom is -0.331 e. The number of nitrogens with zero attached hydrogens (tertiary/aromatic N) is 3. The quantitative estimate of drug-likeness (QED) is 0.791. The fourth-order valence-corrected chi connectivity index (χ4v) is 2.96. The van der Waals surface area contributed by atoms with Crippen LogP contribution in [0.25, 0.3) is 11.0 Å². The van der Waals surface area contributed by atoms with Crippen LogP contribution in [0.1, 0.15) is 34.1 Å². The zero-order valence-electron chi connectivity index (χ0n) is 12.6. The Balaban J connectivity index is 1.62. The van der Waals surface area contributed by atoms with E-state index in [0.29, 0.717) is 17.8 Å². The number of halogens is 1. The molecule has 0 bridgehead atoms. The van der Waals surface area contributed by atoms with Gasteiger partial charge in [-0.1, -0.05) is 12.1 Å². The maximum atomic E-state index is 13.1. The number of carbonyl (C=O) groups is 1. The summed E-state index contributed by atoms with van der Waals surface area (Å²) in [6, 6.07) is 8.16. The van der Waals surface area contributed by atoms with E-state index in [1.165, 1.54) is 12.1 Å². The van der Waals surface area contributed by atoms with Gasteiger partial charge in [0, 0.05) is 23.8 Å². The van der Waals surface area contributed by atoms with E-state index in [-0.39, 0.29) is 17.8 Å². The number of likely N-dealkylation sites (tertiary alicyclic amines) is 1. The minimum absolute atomic E-state index is 0.00393. The van der Waals surface area contributed by atoms with Crippen LogP contribution in [0.4, 0.5) is 4.39 Å². The molecule has 0 saturated carbocycles. The summed E-state index contributed by atoms with van der Waals surface area (Å²) in [5.41, 5.74) is 3.01. The first-order valence-corrected chi connectivity index (χ1v) is 7.50. The van der Waals surface area contributed by atoms with Gasteiger partial charge in [0.05, 0.1) is 11.6 Å². The van der Waals surface area contributed by atoms with E-state index in [0.717, 1.165) is 23.1 Å². The first-order valence-electron chi connectivity index (χ1n) is 7.50. The van der Waals surface area contributed by atoms with Gasteiger partial charge in [-0.15, -0.1) is 0 Å². The number of nitrogens with one attached hydrogen (secondary N) is 1. The lowest BCUT2D eigenvalue weighted by molar-refractivity contribution is 0.0460. The van der Waals surface area contributed by atoms with E-state index >= 15 is 0 Å². The van der Waals surface area contributed by atoms with Crippen molar-refractivity contribution in [3.8, 4) is 0 Å². The van der Waals surface area contributed by atoms with Crippen LogP contribution in [0.2, 0.25) is 0 Å². The van der Waals surface area contributed by atoms with Crippen molar-refractivity contribution in [2.24, 2.45) is 0 Å². The van der Waals surface area contributed by atoms with E-state index in [1.807, 2.05) is 13.0 Å². The maximum Gasteiger partial charge on any atom is 0.255 e. The number of aromatic amines is 1. The number of rotatable bonds is 2. The van der Waals surface area contributed by atoms with Crippen molar-refractivity contribution in [3.05, 3.63) is 59.2 Å². The van der Waals surface area contributed by atoms with Gasteiger partial charge in [0.15, 0.2) is 5.65 Å². The Kier molecular flexibility index (Phi) is 3.11. The van der Waals surface area contributed by atoms with Gasteiger partial charge in [-0.2, -0.15) is 5.10 Å². The zero-order valence-corrected chi connectivity index (χ0v) is 12.6. The monoisotopic (exact) mass is 310 g/mol. The van der Waals surface area contributed by atoms with Gasteiger partial charge < -0.3 is 4.90 Å². The number of fused-ring (bicyclic) bond motifs is 1. The van der Waals surface area contributed by atoms with Crippen LogP contribution in [-0.4, -0.2) is 32.5 Å². The van der Waals surface area contributed by atoms with Crippen molar-refractivity contribution in [1.82, 2.24) is 20.1 Å². The summed E-state index contributed by atoms with van der Waals surface area (Å²) in [6.45, 7) is 2.60. The van der Waals surface area contributed by atoms with E-state index in [4.69, 9.17) is 0 Å². The lowest BCUT2D eigenvalue weighted by Crippen LogP contribution is -2.45. The maximum absolute atomic E-state index is 13.1. The second-order valence-corrected chi connectivity index (χ2v) is 5.80. The largest absolute Gasteiger partial charge is 0.331 e. The van der Waals surface area contributed by atoms with Crippen molar-refractivity contribution in [3.63, 3.8) is 0 Å². The molecule has 3 heterocycles. The Labute approximate surface area is 132 Å². The third kappa shape index (κ3) is 2.27. The second kappa shape index (κ2) is 5.15. The van der Waals surface area contributed by atoms with Crippen LogP contribution in [0, 0.1) is 12.7 Å². The topological polar surface area (TPSA) is 61.9 Å². The van der Waals surface area contributed by atoms with Crippen LogP contribution >= 0.6 is 0 Å². The fourth-order valence-electron chi connectivity index (χ4n) is 2.96. The van der Waals surface area contributed by atoms with Gasteiger partial charge in [-0.05, 0) is 37.1 Å². The average Bonchev–Trinajstić information content (AvgIpc) is 2.89. The van der Waals surface area contributed by atoms with Gasteiger partial charge in [0.1, 0.15) is 5.82 Å². The first kappa shape index (κ1) is 13.9. The van der Waals surface area contributed by atoms with Crippen molar-refractivity contribution in [2.75, 3.05) is 6.54 Å². The van der Waals surface area contributed by atoms with Crippen LogP contribution in [0.15, 0.2) is 36.5 Å². The molecule has 1 saturated heterocycles. The molecule has 1 aliphatic rings. The third-order valence-corrected chi connectivity index (χ3v) is 4.38. The summed E-state index contributed by atoms with van der Waals surface area (Å²) in [5, 5.41) is 7.80. The number of pyridine rings is 1. The Morgan fingerprint density at radius 1 is 1.35 bits per heavy atom. The highest BCUT2D eigenvalue weighted by Crippen LogP contribution is 2.34. The van der Waals surface area contributed by atoms with E-state index in [2.05, 4.69) is 15.2 Å². The molecular weight excluding hydrogens is 295 g/mol. The predicted octanol–water partition coefficient (Wildman–Crippen LogP) is 2.99. The second-order valence-electron chi connectivity index (χ2n) is 5.80. The highest BCUT2D eigenvalue weighted by molar-refractivity contribution is 5.97. The normalized spacial score (nSPS) is 17.3. The molecule has 6 heteroatoms. The molecule has 23 heavy (non-hydrogen) atoms. The molecule has 1 amide bonds. The smallest absolute Gasteiger partial charge is 0.255 e. The summed E-state index contributed by atoms with van der Waals surface area (Å²) >= 11 is 0. The highest BCUT2D eigenvalue weighted by atomic mass is 19.1. The van der Waals surface area contributed by atoms with E-state index in [1.54, 1.807) is 23.2 Å². The average molecular weight is 310 g/mol. The molecule has 0 aliphatic carbocycles. The number of carbonyl (C=O) groups excluding carboxylic acids is 1. The summed E-state index contributed by atoms with van der Waals surface area (Å²) in [7, 11) is 0. The fraction of sp³-hybridized carbons (Fsp3) is 0.235. The summed E-state index contributed by atoms with van der Waals surface area (Å²) in [4.78, 5) is 18.8. The van der Waals surface area contributed by atoms with Crippen LogP contribution in [-0.2, 0) is 0 Å². The minimum atomic E-state index is -0.268. The van der Waals surface area contributed by atoms with Gasteiger partial charge in [0.25, 0.3) is 5.91 Å². The molecule has 116 valence electrons. The van der Waals surface area contributed by atoms with Gasteiger partial charge >= 0.3 is 0 Å². The number of aryl methyl sites for hydroxylation is 1. The van der Waals surface area contributed by atoms with Gasteiger partial charge in [-0.3, -0.25) is 9.89 Å². The first-order chi connectivity index (χ1) is 11.1. The van der Waals surface area contributed by atoms with E-state index < -0.39 is 0 Å². The van der Waals surface area contributed by atoms with Crippen LogP contribution in [0.3, 0.4) is 0 Å². The standard InChI is InChI=1S/C17H15FN4O/c1-10-14-8-12(9-19-16(14)21-20-10)17(23)22-7-6-15(22)11-2-4-13(18)5-3-11/h2-5,8-9,15H,6-7H2,1H3,(H,19,20,21)/t15-/m0/s1. The molecule has 0 radical (unpaired) electrons. The molecule has 3 aromatic rings. The molecule has 1 atom stereocenters. The van der Waals surface area contributed by atoms with Crippen LogP contribution in [0.5, 0.6) is 0 Å². The van der Waals surface area contributed by atoms with Crippen LogP contribution < -0.4 is 0 Å². The van der Waals surface area contributed by atoms with Crippen molar-refractivity contribution in [2.45, 2.75) is 19.4 Å². The Morgan fingerprint density at radius 3 is 2.83 bits per heavy atom. The lowest BCUT2D eigenvalue weighted by atomic mass is 9.94. The summed E-state index contributed by atoms with van der Waals surface area (Å²) < 4.78 is 13.1. The van der Waals surface area contributed by atoms with E-state index in [9.17, 15) is 9.18 Å². The van der Waals surface area contributed by atoms with Crippen molar-refractivity contribution in [1.29, 1.82) is 0 Å². The molecule has 1 fully saturated rings. The number of amides is 1. The number of H-pyrrole nitrogens is 1. The number of benzene rings is 1. The molecule has 1 N–H and O–H groups in total.